The molecule has 1 amide bonds. The molecule has 0 radical (unpaired) electrons. The van der Waals surface area contributed by atoms with E-state index >= 15 is 0 Å². The number of anilines is 1. The number of fused-ring (bicyclic) bond motifs is 1. The number of amides is 1. The maximum Gasteiger partial charge on any atom is 0.410 e. The summed E-state index contributed by atoms with van der Waals surface area (Å²) in [5.74, 6) is 0. The largest absolute Gasteiger partial charge is 0.444 e. The Hall–Kier alpha value is -2.01. The smallest absolute Gasteiger partial charge is 0.410 e. The van der Waals surface area contributed by atoms with E-state index in [9.17, 15) is 4.79 Å². The highest BCUT2D eigenvalue weighted by molar-refractivity contribution is 6.32. The van der Waals surface area contributed by atoms with E-state index in [1.54, 1.807) is 4.90 Å². The lowest BCUT2D eigenvalue weighted by molar-refractivity contribution is 0.0240. The molecule has 0 unspecified atom stereocenters. The third-order valence-electron chi connectivity index (χ3n) is 4.27. The molecular weight excluding hydrogens is 338 g/mol. The zero-order chi connectivity index (χ0) is 18.2. The van der Waals surface area contributed by atoms with Crippen molar-refractivity contribution in [1.29, 1.82) is 0 Å². The monoisotopic (exact) mass is 361 g/mol. The van der Waals surface area contributed by atoms with Gasteiger partial charge < -0.3 is 14.5 Å². The molecule has 0 N–H and O–H groups in total. The Bertz CT molecular complexity index is 793. The molecule has 0 atom stereocenters. The number of hydrogen-bond donors (Lipinski definition) is 0. The van der Waals surface area contributed by atoms with E-state index in [1.807, 2.05) is 46.0 Å². The Morgan fingerprint density at radius 1 is 1.20 bits per heavy atom. The minimum atomic E-state index is -0.466. The number of aromatic nitrogens is 1. The molecule has 1 saturated heterocycles. The minimum Gasteiger partial charge on any atom is -0.444 e. The highest BCUT2D eigenvalue weighted by Gasteiger charge is 2.26. The number of pyridine rings is 1. The van der Waals surface area contributed by atoms with Crippen LogP contribution in [-0.4, -0.2) is 47.8 Å². The zero-order valence-corrected chi connectivity index (χ0v) is 15.9. The van der Waals surface area contributed by atoms with Gasteiger partial charge in [-0.05, 0) is 51.5 Å². The normalized spacial score (nSPS) is 15.6. The molecule has 134 valence electrons. The predicted molar refractivity (Wildman–Crippen MR) is 102 cm³/mol. The van der Waals surface area contributed by atoms with E-state index in [-0.39, 0.29) is 6.09 Å². The summed E-state index contributed by atoms with van der Waals surface area (Å²) in [4.78, 5) is 20.7. The number of nitrogens with zero attached hydrogens (tertiary/aromatic N) is 3. The lowest BCUT2D eigenvalue weighted by atomic mass is 10.1. The van der Waals surface area contributed by atoms with Gasteiger partial charge in [-0.1, -0.05) is 11.6 Å². The number of aryl methyl sites for hydroxylation is 1. The van der Waals surface area contributed by atoms with Gasteiger partial charge in [0.05, 0.1) is 5.52 Å². The van der Waals surface area contributed by atoms with Crippen LogP contribution in [0.15, 0.2) is 24.4 Å². The molecule has 6 heteroatoms. The summed E-state index contributed by atoms with van der Waals surface area (Å²) >= 11 is 6.22. The van der Waals surface area contributed by atoms with Crippen molar-refractivity contribution < 1.29 is 9.53 Å². The molecule has 0 saturated carbocycles. The van der Waals surface area contributed by atoms with Gasteiger partial charge in [-0.15, -0.1) is 0 Å². The number of halogens is 1. The van der Waals surface area contributed by atoms with E-state index in [0.29, 0.717) is 13.1 Å². The van der Waals surface area contributed by atoms with Gasteiger partial charge in [-0.2, -0.15) is 0 Å². The van der Waals surface area contributed by atoms with Crippen molar-refractivity contribution in [3.63, 3.8) is 0 Å². The molecule has 1 fully saturated rings. The molecule has 1 aliphatic rings. The summed E-state index contributed by atoms with van der Waals surface area (Å²) in [6.45, 7) is 10.5. The van der Waals surface area contributed by atoms with Crippen molar-refractivity contribution in [2.45, 2.75) is 33.3 Å². The molecule has 2 heterocycles. The first-order valence-corrected chi connectivity index (χ1v) is 8.90. The topological polar surface area (TPSA) is 45.7 Å². The molecule has 0 bridgehead atoms. The van der Waals surface area contributed by atoms with Gasteiger partial charge in [0.2, 0.25) is 0 Å². The molecule has 2 aromatic rings. The standard InChI is InChI=1S/C19H24ClN3O2/c1-13-11-14-16(12-15(13)20)21-6-5-17(14)22-7-9-23(10-8-22)18(24)25-19(2,3)4/h5-6,11-12H,7-10H2,1-4H3. The van der Waals surface area contributed by atoms with Gasteiger partial charge in [0.1, 0.15) is 5.60 Å². The van der Waals surface area contributed by atoms with Crippen molar-refractivity contribution in [3.8, 4) is 0 Å². The summed E-state index contributed by atoms with van der Waals surface area (Å²) in [5.41, 5.74) is 2.60. The average molecular weight is 362 g/mol. The van der Waals surface area contributed by atoms with Crippen LogP contribution in [0.2, 0.25) is 5.02 Å². The van der Waals surface area contributed by atoms with Crippen molar-refractivity contribution in [1.82, 2.24) is 9.88 Å². The van der Waals surface area contributed by atoms with Crippen LogP contribution >= 0.6 is 11.6 Å². The van der Waals surface area contributed by atoms with Crippen molar-refractivity contribution in [2.75, 3.05) is 31.1 Å². The molecule has 1 aromatic carbocycles. The van der Waals surface area contributed by atoms with Gasteiger partial charge in [0.25, 0.3) is 0 Å². The number of ether oxygens (including phenoxy) is 1. The van der Waals surface area contributed by atoms with Crippen molar-refractivity contribution in [3.05, 3.63) is 35.0 Å². The van der Waals surface area contributed by atoms with E-state index in [2.05, 4.69) is 16.0 Å². The molecule has 25 heavy (non-hydrogen) atoms. The first-order chi connectivity index (χ1) is 11.7. The summed E-state index contributed by atoms with van der Waals surface area (Å²) in [7, 11) is 0. The van der Waals surface area contributed by atoms with E-state index in [0.717, 1.165) is 40.3 Å². The Balaban J connectivity index is 1.76. The molecule has 0 aliphatic carbocycles. The number of carbonyl (C=O) groups is 1. The number of piperazine rings is 1. The van der Waals surface area contributed by atoms with E-state index < -0.39 is 5.60 Å². The summed E-state index contributed by atoms with van der Waals surface area (Å²) < 4.78 is 5.46. The number of carbonyl (C=O) groups excluding carboxylic acids is 1. The van der Waals surface area contributed by atoms with Crippen LogP contribution in [0.4, 0.5) is 10.5 Å². The maximum atomic E-state index is 12.2. The maximum absolute atomic E-state index is 12.2. The van der Waals surface area contributed by atoms with Gasteiger partial charge in [-0.25, -0.2) is 4.79 Å². The van der Waals surface area contributed by atoms with Crippen LogP contribution in [0, 0.1) is 6.92 Å². The summed E-state index contributed by atoms with van der Waals surface area (Å²) in [6, 6.07) is 6.02. The molecule has 0 spiro atoms. The minimum absolute atomic E-state index is 0.241. The Labute approximate surface area is 153 Å². The fourth-order valence-corrected chi connectivity index (χ4v) is 3.15. The third kappa shape index (κ3) is 3.98. The van der Waals surface area contributed by atoms with Crippen LogP contribution in [0.1, 0.15) is 26.3 Å². The quantitative estimate of drug-likeness (QED) is 0.761. The van der Waals surface area contributed by atoms with Crippen LogP contribution in [0.5, 0.6) is 0 Å². The fraction of sp³-hybridized carbons (Fsp3) is 0.474. The van der Waals surface area contributed by atoms with Crippen LogP contribution in [0.3, 0.4) is 0 Å². The molecular formula is C19H24ClN3O2. The highest BCUT2D eigenvalue weighted by atomic mass is 35.5. The summed E-state index contributed by atoms with van der Waals surface area (Å²) in [6.07, 6.45) is 1.57. The Kier molecular flexibility index (Phi) is 4.78. The second kappa shape index (κ2) is 6.71. The van der Waals surface area contributed by atoms with Crippen LogP contribution in [0.25, 0.3) is 10.9 Å². The van der Waals surface area contributed by atoms with Crippen molar-refractivity contribution >= 4 is 34.3 Å². The summed E-state index contributed by atoms with van der Waals surface area (Å²) in [5, 5.41) is 1.82. The van der Waals surface area contributed by atoms with Gasteiger partial charge >= 0.3 is 6.09 Å². The van der Waals surface area contributed by atoms with Gasteiger partial charge in [-0.3, -0.25) is 4.98 Å². The highest BCUT2D eigenvalue weighted by Crippen LogP contribution is 2.30. The molecule has 1 aliphatic heterocycles. The fourth-order valence-electron chi connectivity index (χ4n) is 2.99. The van der Waals surface area contributed by atoms with E-state index in [4.69, 9.17) is 16.3 Å². The number of rotatable bonds is 1. The van der Waals surface area contributed by atoms with Crippen LogP contribution in [-0.2, 0) is 4.74 Å². The second-order valence-corrected chi connectivity index (χ2v) is 7.81. The van der Waals surface area contributed by atoms with Gasteiger partial charge in [0.15, 0.2) is 0 Å². The Morgan fingerprint density at radius 2 is 1.88 bits per heavy atom. The first-order valence-electron chi connectivity index (χ1n) is 8.52. The zero-order valence-electron chi connectivity index (χ0n) is 15.2. The molecule has 5 nitrogen and oxygen atoms in total. The van der Waals surface area contributed by atoms with Gasteiger partial charge in [0, 0.05) is 48.5 Å². The lowest BCUT2D eigenvalue weighted by Crippen LogP contribution is -2.50. The second-order valence-electron chi connectivity index (χ2n) is 7.40. The number of benzene rings is 1. The lowest BCUT2D eigenvalue weighted by Gasteiger charge is -2.37. The van der Waals surface area contributed by atoms with Crippen LogP contribution < -0.4 is 4.90 Å². The Morgan fingerprint density at radius 3 is 2.52 bits per heavy atom. The third-order valence-corrected chi connectivity index (χ3v) is 4.68. The number of hydrogen-bond acceptors (Lipinski definition) is 4. The SMILES string of the molecule is Cc1cc2c(N3CCN(C(=O)OC(C)(C)C)CC3)ccnc2cc1Cl. The molecule has 1 aromatic heterocycles. The predicted octanol–water partition coefficient (Wildman–Crippen LogP) is 4.25. The molecule has 3 rings (SSSR count). The van der Waals surface area contributed by atoms with Crippen molar-refractivity contribution in [2.24, 2.45) is 0 Å². The average Bonchev–Trinajstić information content (AvgIpc) is 2.54. The first kappa shape index (κ1) is 17.8. The van der Waals surface area contributed by atoms with E-state index in [1.165, 1.54) is 0 Å².